The number of hydrogen-bond acceptors (Lipinski definition) is 9. The normalized spacial score (nSPS) is 19.0. The summed E-state index contributed by atoms with van der Waals surface area (Å²) < 4.78 is 13.5. The van der Waals surface area contributed by atoms with E-state index >= 15 is 0 Å². The third kappa shape index (κ3) is 4.74. The molecular weight excluding hydrogens is 420 g/mol. The Balaban J connectivity index is 1.20. The summed E-state index contributed by atoms with van der Waals surface area (Å²) in [6, 6.07) is 0. The van der Waals surface area contributed by atoms with Gasteiger partial charge in [-0.25, -0.2) is 15.0 Å². The van der Waals surface area contributed by atoms with E-state index in [-0.39, 0.29) is 6.10 Å². The van der Waals surface area contributed by atoms with Gasteiger partial charge in [0.05, 0.1) is 55.8 Å². The molecule has 1 atom stereocenters. The Morgan fingerprint density at radius 3 is 2.67 bits per heavy atom. The Hall–Kier alpha value is -3.29. The average Bonchev–Trinajstić information content (AvgIpc) is 3.44. The highest BCUT2D eigenvalue weighted by Crippen LogP contribution is 2.27. The first-order valence-electron chi connectivity index (χ1n) is 11.3. The van der Waals surface area contributed by atoms with Crippen molar-refractivity contribution >= 4 is 11.5 Å². The Morgan fingerprint density at radius 2 is 1.88 bits per heavy atom. The standard InChI is InChI=1S/C23H28N8O2/c1-16-22(17(2)31-23(26-16)27-18(3)28-31)33-20-6-8-30(15-20)19-13-24-21(25-14-19)5-4-7-29-9-11-32-12-10-29/h13-14,20H,6-12,15H2,1-3H3/t20-/m1/s1. The van der Waals surface area contributed by atoms with E-state index in [0.717, 1.165) is 68.6 Å². The Labute approximate surface area is 193 Å². The molecule has 10 nitrogen and oxygen atoms in total. The molecule has 172 valence electrons. The van der Waals surface area contributed by atoms with Gasteiger partial charge in [0.25, 0.3) is 5.78 Å². The molecule has 3 aromatic heterocycles. The minimum Gasteiger partial charge on any atom is -0.485 e. The van der Waals surface area contributed by atoms with Gasteiger partial charge in [-0.15, -0.1) is 5.10 Å². The molecule has 0 saturated carbocycles. The Kier molecular flexibility index (Phi) is 6.07. The summed E-state index contributed by atoms with van der Waals surface area (Å²) in [6.45, 7) is 11.6. The summed E-state index contributed by atoms with van der Waals surface area (Å²) in [4.78, 5) is 22.3. The topological polar surface area (TPSA) is 93.8 Å². The van der Waals surface area contributed by atoms with Crippen molar-refractivity contribution < 1.29 is 9.47 Å². The Bertz CT molecular complexity index is 1190. The van der Waals surface area contributed by atoms with Crippen LogP contribution in [-0.4, -0.2) is 86.5 Å². The number of anilines is 1. The molecule has 5 heterocycles. The minimum atomic E-state index is 0.0549. The average molecular weight is 449 g/mol. The van der Waals surface area contributed by atoms with E-state index in [1.807, 2.05) is 33.2 Å². The molecular formula is C23H28N8O2. The summed E-state index contributed by atoms with van der Waals surface area (Å²) in [5.74, 6) is 8.86. The molecule has 0 spiro atoms. The maximum Gasteiger partial charge on any atom is 0.253 e. The molecule has 3 aromatic rings. The number of rotatable bonds is 4. The second-order valence-electron chi connectivity index (χ2n) is 8.41. The van der Waals surface area contributed by atoms with E-state index in [9.17, 15) is 0 Å². The van der Waals surface area contributed by atoms with Crippen LogP contribution in [0.25, 0.3) is 5.78 Å². The third-order valence-electron chi connectivity index (χ3n) is 5.98. The number of ether oxygens (including phenoxy) is 2. The lowest BCUT2D eigenvalue weighted by molar-refractivity contribution is 0.0443. The van der Waals surface area contributed by atoms with E-state index in [1.165, 1.54) is 0 Å². The number of aromatic nitrogens is 6. The first kappa shape index (κ1) is 21.6. The van der Waals surface area contributed by atoms with E-state index in [0.29, 0.717) is 24.0 Å². The van der Waals surface area contributed by atoms with Crippen LogP contribution in [0.3, 0.4) is 0 Å². The fraction of sp³-hybridized carbons (Fsp3) is 0.522. The van der Waals surface area contributed by atoms with Gasteiger partial charge in [0.15, 0.2) is 5.75 Å². The predicted octanol–water partition coefficient (Wildman–Crippen LogP) is 1.18. The highest BCUT2D eigenvalue weighted by atomic mass is 16.5. The van der Waals surface area contributed by atoms with Gasteiger partial charge in [-0.05, 0) is 26.7 Å². The molecule has 2 aliphatic rings. The van der Waals surface area contributed by atoms with Crippen molar-refractivity contribution in [3.05, 3.63) is 35.4 Å². The first-order valence-corrected chi connectivity index (χ1v) is 11.3. The van der Waals surface area contributed by atoms with Crippen LogP contribution in [0.2, 0.25) is 0 Å². The quantitative estimate of drug-likeness (QED) is 0.545. The van der Waals surface area contributed by atoms with E-state index in [4.69, 9.17) is 9.47 Å². The SMILES string of the molecule is Cc1nc2nc(C)c(O[C@@H]3CCN(c4cnc(C#CCN5CCOCC5)nc4)C3)c(C)n2n1. The first-order chi connectivity index (χ1) is 16.1. The van der Waals surface area contributed by atoms with Gasteiger partial charge in [-0.1, -0.05) is 5.92 Å². The molecule has 0 N–H and O–H groups in total. The molecule has 0 bridgehead atoms. The molecule has 10 heteroatoms. The van der Waals surface area contributed by atoms with Gasteiger partial charge in [-0.2, -0.15) is 9.50 Å². The minimum absolute atomic E-state index is 0.0549. The molecule has 0 aliphatic carbocycles. The van der Waals surface area contributed by atoms with E-state index in [1.54, 1.807) is 4.52 Å². The molecule has 5 rings (SSSR count). The van der Waals surface area contributed by atoms with Crippen LogP contribution in [0.5, 0.6) is 5.75 Å². The maximum atomic E-state index is 6.37. The zero-order valence-corrected chi connectivity index (χ0v) is 19.3. The summed E-state index contributed by atoms with van der Waals surface area (Å²) >= 11 is 0. The van der Waals surface area contributed by atoms with Crippen molar-refractivity contribution in [3.63, 3.8) is 0 Å². The van der Waals surface area contributed by atoms with Crippen molar-refractivity contribution in [2.45, 2.75) is 33.3 Å². The lowest BCUT2D eigenvalue weighted by atomic mass is 10.3. The molecule has 0 radical (unpaired) electrons. The van der Waals surface area contributed by atoms with Crippen molar-refractivity contribution in [1.29, 1.82) is 0 Å². The molecule has 2 saturated heterocycles. The summed E-state index contributed by atoms with van der Waals surface area (Å²) in [5.41, 5.74) is 2.72. The van der Waals surface area contributed by atoms with E-state index in [2.05, 4.69) is 46.7 Å². The highest BCUT2D eigenvalue weighted by molar-refractivity contribution is 5.45. The van der Waals surface area contributed by atoms with Gasteiger partial charge in [0, 0.05) is 26.1 Å². The van der Waals surface area contributed by atoms with Gasteiger partial charge in [0.1, 0.15) is 11.9 Å². The van der Waals surface area contributed by atoms with Crippen LogP contribution in [0.15, 0.2) is 12.4 Å². The number of nitrogens with zero attached hydrogens (tertiary/aromatic N) is 8. The van der Waals surface area contributed by atoms with Crippen molar-refractivity contribution in [2.75, 3.05) is 50.8 Å². The number of hydrogen-bond donors (Lipinski definition) is 0. The number of aryl methyl sites for hydroxylation is 3. The zero-order valence-electron chi connectivity index (χ0n) is 19.3. The van der Waals surface area contributed by atoms with Crippen LogP contribution in [0.4, 0.5) is 5.69 Å². The highest BCUT2D eigenvalue weighted by Gasteiger charge is 2.26. The van der Waals surface area contributed by atoms with Crippen LogP contribution in [-0.2, 0) is 4.74 Å². The summed E-state index contributed by atoms with van der Waals surface area (Å²) in [7, 11) is 0. The fourth-order valence-corrected chi connectivity index (χ4v) is 4.19. The van der Waals surface area contributed by atoms with Crippen molar-refractivity contribution in [2.24, 2.45) is 0 Å². The third-order valence-corrected chi connectivity index (χ3v) is 5.98. The summed E-state index contributed by atoms with van der Waals surface area (Å²) in [6.07, 6.45) is 4.65. The maximum absolute atomic E-state index is 6.37. The summed E-state index contributed by atoms with van der Waals surface area (Å²) in [5, 5.41) is 4.42. The van der Waals surface area contributed by atoms with Crippen molar-refractivity contribution in [3.8, 4) is 17.6 Å². The van der Waals surface area contributed by atoms with Crippen molar-refractivity contribution in [1.82, 2.24) is 34.4 Å². The van der Waals surface area contributed by atoms with Gasteiger partial charge in [-0.3, -0.25) is 4.90 Å². The van der Waals surface area contributed by atoms with E-state index < -0.39 is 0 Å². The molecule has 0 amide bonds. The number of morpholine rings is 1. The largest absolute Gasteiger partial charge is 0.485 e. The molecule has 2 aliphatic heterocycles. The van der Waals surface area contributed by atoms with Gasteiger partial charge >= 0.3 is 0 Å². The Morgan fingerprint density at radius 1 is 1.09 bits per heavy atom. The molecule has 2 fully saturated rings. The van der Waals surface area contributed by atoms with Crippen LogP contribution in [0.1, 0.15) is 29.5 Å². The monoisotopic (exact) mass is 448 g/mol. The van der Waals surface area contributed by atoms with Gasteiger partial charge in [0.2, 0.25) is 5.82 Å². The zero-order chi connectivity index (χ0) is 22.8. The van der Waals surface area contributed by atoms with Crippen LogP contribution in [0, 0.1) is 32.6 Å². The lowest BCUT2D eigenvalue weighted by Crippen LogP contribution is -2.36. The molecule has 0 aromatic carbocycles. The smallest absolute Gasteiger partial charge is 0.253 e. The van der Waals surface area contributed by atoms with Crippen LogP contribution >= 0.6 is 0 Å². The van der Waals surface area contributed by atoms with Crippen LogP contribution < -0.4 is 9.64 Å². The second-order valence-corrected chi connectivity index (χ2v) is 8.41. The van der Waals surface area contributed by atoms with Gasteiger partial charge < -0.3 is 14.4 Å². The number of fused-ring (bicyclic) bond motifs is 1. The molecule has 33 heavy (non-hydrogen) atoms. The predicted molar refractivity (Wildman–Crippen MR) is 122 cm³/mol. The lowest BCUT2D eigenvalue weighted by Gasteiger charge is -2.24. The second kappa shape index (κ2) is 9.29. The fourth-order valence-electron chi connectivity index (χ4n) is 4.19. The molecule has 0 unspecified atom stereocenters.